The van der Waals surface area contributed by atoms with Gasteiger partial charge in [0.1, 0.15) is 0 Å². The molecule has 1 atom stereocenters. The summed E-state index contributed by atoms with van der Waals surface area (Å²) in [6.45, 7) is 3.23. The number of thioether (sulfide) groups is 1. The Morgan fingerprint density at radius 1 is 1.30 bits per heavy atom. The molecule has 0 aromatic heterocycles. The quantitative estimate of drug-likeness (QED) is 0.682. The Morgan fingerprint density at radius 3 is 2.65 bits per heavy atom. The molecule has 130 valence electrons. The van der Waals surface area contributed by atoms with Gasteiger partial charge >= 0.3 is 5.97 Å². The lowest BCUT2D eigenvalue weighted by Gasteiger charge is -2.33. The molecule has 1 heterocycles. The van der Waals surface area contributed by atoms with Crippen molar-refractivity contribution in [3.8, 4) is 0 Å². The van der Waals surface area contributed by atoms with Gasteiger partial charge in [0.05, 0.1) is 11.7 Å². The highest BCUT2D eigenvalue weighted by atomic mass is 32.2. The molecule has 2 aliphatic rings. The Balaban J connectivity index is 1.71. The lowest BCUT2D eigenvalue weighted by Crippen LogP contribution is -2.40. The first-order valence-corrected chi connectivity index (χ1v) is 9.49. The van der Waals surface area contributed by atoms with E-state index in [1.54, 1.807) is 0 Å². The number of carbonyl (C=O) groups is 3. The van der Waals surface area contributed by atoms with E-state index in [0.29, 0.717) is 31.3 Å². The number of carboxylic acid groups (broad SMARTS) is 1. The lowest BCUT2D eigenvalue weighted by atomic mass is 9.87. The van der Waals surface area contributed by atoms with E-state index in [-0.39, 0.29) is 23.5 Å². The minimum Gasteiger partial charge on any atom is -0.481 e. The highest BCUT2D eigenvalue weighted by Gasteiger charge is 2.38. The maximum absolute atomic E-state index is 12.2. The van der Waals surface area contributed by atoms with Crippen molar-refractivity contribution in [2.45, 2.75) is 45.1 Å². The van der Waals surface area contributed by atoms with Crippen molar-refractivity contribution in [3.63, 3.8) is 0 Å². The van der Waals surface area contributed by atoms with Gasteiger partial charge in [0.2, 0.25) is 11.8 Å². The zero-order valence-electron chi connectivity index (χ0n) is 13.6. The van der Waals surface area contributed by atoms with Crippen molar-refractivity contribution in [1.82, 2.24) is 10.2 Å². The van der Waals surface area contributed by atoms with Crippen LogP contribution in [0.15, 0.2) is 0 Å². The molecular weight excluding hydrogens is 316 g/mol. The molecule has 6 nitrogen and oxygen atoms in total. The van der Waals surface area contributed by atoms with Gasteiger partial charge in [0, 0.05) is 31.3 Å². The first kappa shape index (κ1) is 18.1. The summed E-state index contributed by atoms with van der Waals surface area (Å²) >= 11 is 1.28. The fourth-order valence-electron chi connectivity index (χ4n) is 3.36. The highest BCUT2D eigenvalue weighted by molar-refractivity contribution is 7.99. The van der Waals surface area contributed by atoms with Gasteiger partial charge in [-0.1, -0.05) is 6.92 Å². The van der Waals surface area contributed by atoms with Crippen molar-refractivity contribution in [2.24, 2.45) is 11.8 Å². The molecule has 1 unspecified atom stereocenters. The van der Waals surface area contributed by atoms with Crippen LogP contribution in [0.4, 0.5) is 0 Å². The fraction of sp³-hybridized carbons (Fsp3) is 0.812. The van der Waals surface area contributed by atoms with Crippen molar-refractivity contribution in [1.29, 1.82) is 0 Å². The van der Waals surface area contributed by atoms with Crippen molar-refractivity contribution >= 4 is 29.5 Å². The first-order valence-electron chi connectivity index (χ1n) is 8.34. The number of nitrogens with one attached hydrogen (secondary N) is 1. The summed E-state index contributed by atoms with van der Waals surface area (Å²) in [6.07, 6.45) is 4.72. The molecule has 2 N–H and O–H groups in total. The van der Waals surface area contributed by atoms with Crippen LogP contribution in [-0.4, -0.2) is 58.4 Å². The number of nitrogens with zero attached hydrogens (tertiary/aromatic N) is 1. The summed E-state index contributed by atoms with van der Waals surface area (Å²) in [7, 11) is 0. The number of amides is 2. The molecule has 0 spiro atoms. The third kappa shape index (κ3) is 5.41. The zero-order chi connectivity index (χ0) is 16.8. The van der Waals surface area contributed by atoms with E-state index in [1.165, 1.54) is 11.8 Å². The van der Waals surface area contributed by atoms with E-state index in [4.69, 9.17) is 5.11 Å². The van der Waals surface area contributed by atoms with Crippen LogP contribution in [0.2, 0.25) is 0 Å². The third-order valence-corrected chi connectivity index (χ3v) is 5.67. The number of hydrogen-bond acceptors (Lipinski definition) is 4. The molecule has 0 bridgehead atoms. The van der Waals surface area contributed by atoms with Gasteiger partial charge in [0.15, 0.2) is 0 Å². The van der Waals surface area contributed by atoms with E-state index >= 15 is 0 Å². The Morgan fingerprint density at radius 2 is 2.00 bits per heavy atom. The summed E-state index contributed by atoms with van der Waals surface area (Å²) in [5.74, 6) is 0.276. The van der Waals surface area contributed by atoms with Crippen LogP contribution < -0.4 is 5.32 Å². The number of hydrogen-bond donors (Lipinski definition) is 2. The molecule has 1 aliphatic heterocycles. The van der Waals surface area contributed by atoms with E-state index in [0.717, 1.165) is 31.6 Å². The second-order valence-electron chi connectivity index (χ2n) is 6.60. The van der Waals surface area contributed by atoms with Crippen LogP contribution in [0.5, 0.6) is 0 Å². The van der Waals surface area contributed by atoms with Crippen LogP contribution >= 0.6 is 11.8 Å². The Hall–Kier alpha value is -1.24. The molecule has 1 aliphatic carbocycles. The molecule has 0 aromatic rings. The number of carbonyl (C=O) groups excluding carboxylic acids is 2. The zero-order valence-corrected chi connectivity index (χ0v) is 14.4. The Bertz CT molecular complexity index is 449. The van der Waals surface area contributed by atoms with Gasteiger partial charge in [-0.25, -0.2) is 0 Å². The summed E-state index contributed by atoms with van der Waals surface area (Å²) in [4.78, 5) is 36.7. The monoisotopic (exact) mass is 342 g/mol. The van der Waals surface area contributed by atoms with Gasteiger partial charge in [-0.05, 0) is 31.6 Å². The van der Waals surface area contributed by atoms with Crippen molar-refractivity contribution in [2.75, 3.05) is 24.6 Å². The predicted molar refractivity (Wildman–Crippen MR) is 89.2 cm³/mol. The maximum Gasteiger partial charge on any atom is 0.313 e. The van der Waals surface area contributed by atoms with Crippen LogP contribution in [0.1, 0.15) is 39.0 Å². The van der Waals surface area contributed by atoms with Gasteiger partial charge in [0.25, 0.3) is 0 Å². The third-order valence-electron chi connectivity index (χ3n) is 4.73. The topological polar surface area (TPSA) is 86.7 Å². The lowest BCUT2D eigenvalue weighted by molar-refractivity contribution is -0.134. The van der Waals surface area contributed by atoms with Gasteiger partial charge in [-0.2, -0.15) is 0 Å². The molecule has 2 amide bonds. The first-order chi connectivity index (χ1) is 11.0. The SMILES string of the molecule is CC1CCC(N2CC(C(=O)NCCSCC(=O)O)CC2=O)CC1. The van der Waals surface area contributed by atoms with Gasteiger partial charge < -0.3 is 15.3 Å². The van der Waals surface area contributed by atoms with E-state index in [9.17, 15) is 14.4 Å². The molecule has 2 fully saturated rings. The van der Waals surface area contributed by atoms with Crippen LogP contribution in [0.25, 0.3) is 0 Å². The van der Waals surface area contributed by atoms with E-state index in [2.05, 4.69) is 12.2 Å². The second kappa shape index (κ2) is 8.57. The molecule has 0 aromatic carbocycles. The van der Waals surface area contributed by atoms with Crippen molar-refractivity contribution in [3.05, 3.63) is 0 Å². The minimum atomic E-state index is -0.847. The Labute approximate surface area is 141 Å². The fourth-order valence-corrected chi connectivity index (χ4v) is 3.93. The molecule has 0 radical (unpaired) electrons. The standard InChI is InChI=1S/C16H26N2O4S/c1-11-2-4-13(5-3-11)18-9-12(8-14(18)19)16(22)17-6-7-23-10-15(20)21/h11-13H,2-10H2,1H3,(H,17,22)(H,20,21). The van der Waals surface area contributed by atoms with Crippen molar-refractivity contribution < 1.29 is 19.5 Å². The number of likely N-dealkylation sites (tertiary alicyclic amines) is 1. The number of rotatable bonds is 7. The molecular formula is C16H26N2O4S. The summed E-state index contributed by atoms with van der Waals surface area (Å²) in [5, 5.41) is 11.4. The summed E-state index contributed by atoms with van der Waals surface area (Å²) < 4.78 is 0. The molecule has 7 heteroatoms. The number of carboxylic acids is 1. The molecule has 2 rings (SSSR count). The average molecular weight is 342 g/mol. The molecule has 1 saturated heterocycles. The van der Waals surface area contributed by atoms with Crippen LogP contribution in [-0.2, 0) is 14.4 Å². The molecule has 1 saturated carbocycles. The summed E-state index contributed by atoms with van der Waals surface area (Å²) in [5.41, 5.74) is 0. The minimum absolute atomic E-state index is 0.0473. The highest BCUT2D eigenvalue weighted by Crippen LogP contribution is 2.31. The van der Waals surface area contributed by atoms with Crippen LogP contribution in [0.3, 0.4) is 0 Å². The average Bonchev–Trinajstić information content (AvgIpc) is 2.89. The van der Waals surface area contributed by atoms with Gasteiger partial charge in [-0.3, -0.25) is 14.4 Å². The normalized spacial score (nSPS) is 28.0. The van der Waals surface area contributed by atoms with Gasteiger partial charge in [-0.15, -0.1) is 11.8 Å². The largest absolute Gasteiger partial charge is 0.481 e. The molecule has 23 heavy (non-hydrogen) atoms. The van der Waals surface area contributed by atoms with Crippen LogP contribution in [0, 0.1) is 11.8 Å². The second-order valence-corrected chi connectivity index (χ2v) is 7.70. The van der Waals surface area contributed by atoms with E-state index in [1.807, 2.05) is 4.90 Å². The van der Waals surface area contributed by atoms with E-state index < -0.39 is 5.97 Å². The number of aliphatic carboxylic acids is 1. The maximum atomic E-state index is 12.2. The summed E-state index contributed by atoms with van der Waals surface area (Å²) in [6, 6.07) is 0.308. The smallest absolute Gasteiger partial charge is 0.313 e. The Kier molecular flexibility index (Phi) is 6.74. The predicted octanol–water partition coefficient (Wildman–Crippen LogP) is 1.35.